The molecule has 0 fully saturated rings. The van der Waals surface area contributed by atoms with E-state index in [4.69, 9.17) is 0 Å². The molecule has 0 spiro atoms. The van der Waals surface area contributed by atoms with E-state index in [2.05, 4.69) is 15.2 Å². The van der Waals surface area contributed by atoms with Gasteiger partial charge in [0.2, 0.25) is 0 Å². The third kappa shape index (κ3) is 2.35. The van der Waals surface area contributed by atoms with Gasteiger partial charge in [0.25, 0.3) is 5.69 Å². The number of rotatable bonds is 2. The topological polar surface area (TPSA) is 80.2 Å². The highest BCUT2D eigenvalue weighted by molar-refractivity contribution is 5.86. The number of aliphatic imine (C=N–C) groups is 1. The molecule has 0 aromatic heterocycles. The Hall–Kier alpha value is -2.37. The molecule has 0 N–H and O–H groups in total. The van der Waals surface area contributed by atoms with Crippen LogP contribution < -0.4 is 0 Å². The quantitative estimate of drug-likeness (QED) is 0.432. The molecule has 1 aliphatic heterocycles. The van der Waals surface area contributed by atoms with Crippen LogP contribution in [-0.2, 0) is 0 Å². The number of hydrogen-bond donors (Lipinski definition) is 0. The fourth-order valence-electron chi connectivity index (χ4n) is 1.17. The van der Waals surface area contributed by atoms with Gasteiger partial charge in [0, 0.05) is 24.8 Å². The number of azo groups is 1. The summed E-state index contributed by atoms with van der Waals surface area (Å²) in [6.07, 6.45) is 4.23. The predicted molar refractivity (Wildman–Crippen MR) is 58.8 cm³/mol. The van der Waals surface area contributed by atoms with Gasteiger partial charge in [-0.3, -0.25) is 10.1 Å². The Morgan fingerprint density at radius 2 is 2.00 bits per heavy atom. The van der Waals surface area contributed by atoms with Crippen molar-refractivity contribution in [2.45, 2.75) is 6.42 Å². The van der Waals surface area contributed by atoms with Gasteiger partial charge in [0.05, 0.1) is 10.6 Å². The summed E-state index contributed by atoms with van der Waals surface area (Å²) in [4.78, 5) is 13.9. The second-order valence-electron chi connectivity index (χ2n) is 3.11. The van der Waals surface area contributed by atoms with Gasteiger partial charge in [-0.2, -0.15) is 0 Å². The Labute approximate surface area is 91.2 Å². The van der Waals surface area contributed by atoms with Crippen molar-refractivity contribution in [3.63, 3.8) is 0 Å². The van der Waals surface area contributed by atoms with Crippen LogP contribution in [0.5, 0.6) is 0 Å². The molecule has 0 saturated carbocycles. The van der Waals surface area contributed by atoms with Crippen molar-refractivity contribution in [2.75, 3.05) is 0 Å². The number of benzene rings is 1. The van der Waals surface area contributed by atoms with Gasteiger partial charge in [0.1, 0.15) is 0 Å². The van der Waals surface area contributed by atoms with Gasteiger partial charge in [-0.1, -0.05) is 6.08 Å². The average molecular weight is 216 g/mol. The Balaban J connectivity index is 2.08. The second kappa shape index (κ2) is 4.43. The summed E-state index contributed by atoms with van der Waals surface area (Å²) in [7, 11) is 0. The number of hydrogen-bond acceptors (Lipinski definition) is 5. The molecular weight excluding hydrogens is 208 g/mol. The van der Waals surface area contributed by atoms with Gasteiger partial charge in [0.15, 0.2) is 5.84 Å². The van der Waals surface area contributed by atoms with Crippen molar-refractivity contribution in [1.29, 1.82) is 0 Å². The molecule has 6 heteroatoms. The molecule has 2 rings (SSSR count). The van der Waals surface area contributed by atoms with Crippen LogP contribution in [0.15, 0.2) is 51.8 Å². The third-order valence-corrected chi connectivity index (χ3v) is 1.97. The summed E-state index contributed by atoms with van der Waals surface area (Å²) in [5, 5.41) is 18.2. The van der Waals surface area contributed by atoms with Crippen molar-refractivity contribution in [1.82, 2.24) is 0 Å². The molecule has 0 atom stereocenters. The van der Waals surface area contributed by atoms with E-state index < -0.39 is 4.92 Å². The molecular formula is C10H8N4O2. The Bertz CT molecular complexity index is 488. The normalized spacial score (nSPS) is 14.4. The minimum atomic E-state index is -0.452. The van der Waals surface area contributed by atoms with Crippen LogP contribution in [0, 0.1) is 10.1 Å². The number of nitrogens with zero attached hydrogens (tertiary/aromatic N) is 4. The molecule has 1 aromatic rings. The lowest BCUT2D eigenvalue weighted by molar-refractivity contribution is -0.384. The Morgan fingerprint density at radius 1 is 1.25 bits per heavy atom. The molecule has 0 amide bonds. The van der Waals surface area contributed by atoms with Crippen molar-refractivity contribution >= 4 is 17.2 Å². The lowest BCUT2D eigenvalue weighted by atomic mass is 10.3. The van der Waals surface area contributed by atoms with E-state index in [1.54, 1.807) is 18.3 Å². The van der Waals surface area contributed by atoms with E-state index in [0.29, 0.717) is 17.9 Å². The van der Waals surface area contributed by atoms with E-state index in [1.165, 1.54) is 12.1 Å². The van der Waals surface area contributed by atoms with Crippen LogP contribution in [0.3, 0.4) is 0 Å². The van der Waals surface area contributed by atoms with Gasteiger partial charge in [-0.05, 0) is 12.1 Å². The molecule has 6 nitrogen and oxygen atoms in total. The van der Waals surface area contributed by atoms with Gasteiger partial charge in [-0.25, -0.2) is 4.99 Å². The fraction of sp³-hybridized carbons (Fsp3) is 0.100. The van der Waals surface area contributed by atoms with Gasteiger partial charge in [-0.15, -0.1) is 10.2 Å². The molecule has 1 aliphatic rings. The second-order valence-corrected chi connectivity index (χ2v) is 3.11. The lowest BCUT2D eigenvalue weighted by Gasteiger charge is -1.92. The molecule has 0 aliphatic carbocycles. The monoisotopic (exact) mass is 216 g/mol. The number of nitro groups is 1. The van der Waals surface area contributed by atoms with Crippen molar-refractivity contribution < 1.29 is 4.92 Å². The minimum Gasteiger partial charge on any atom is -0.258 e. The highest BCUT2D eigenvalue weighted by Crippen LogP contribution is 2.18. The zero-order valence-corrected chi connectivity index (χ0v) is 8.28. The van der Waals surface area contributed by atoms with Crippen molar-refractivity contribution in [2.24, 2.45) is 15.2 Å². The first-order chi connectivity index (χ1) is 7.75. The largest absolute Gasteiger partial charge is 0.269 e. The first-order valence-electron chi connectivity index (χ1n) is 4.63. The van der Waals surface area contributed by atoms with Crippen LogP contribution in [0.1, 0.15) is 6.42 Å². The summed E-state index contributed by atoms with van der Waals surface area (Å²) in [6.45, 7) is 0. The summed E-state index contributed by atoms with van der Waals surface area (Å²) in [5.74, 6) is 0.637. The summed E-state index contributed by atoms with van der Waals surface area (Å²) in [6, 6.07) is 5.88. The molecule has 80 valence electrons. The molecule has 0 radical (unpaired) electrons. The van der Waals surface area contributed by atoms with Crippen LogP contribution in [0.25, 0.3) is 0 Å². The maximum atomic E-state index is 10.4. The summed E-state index contributed by atoms with van der Waals surface area (Å²) in [5.41, 5.74) is 0.610. The molecule has 1 aromatic carbocycles. The standard InChI is InChI=1S/C10H8N4O2/c15-14(16)9-5-3-8(4-6-9)12-13-10-2-1-7-11-10/h1,3-7H,2H2. The van der Waals surface area contributed by atoms with Crippen LogP contribution in [0.4, 0.5) is 11.4 Å². The van der Waals surface area contributed by atoms with E-state index in [-0.39, 0.29) is 5.69 Å². The molecule has 0 saturated heterocycles. The maximum Gasteiger partial charge on any atom is 0.269 e. The Morgan fingerprint density at radius 3 is 2.56 bits per heavy atom. The Kier molecular flexibility index (Phi) is 2.81. The highest BCUT2D eigenvalue weighted by atomic mass is 16.6. The van der Waals surface area contributed by atoms with Crippen LogP contribution in [-0.4, -0.2) is 10.8 Å². The number of non-ortho nitro benzene ring substituents is 1. The zero-order valence-electron chi connectivity index (χ0n) is 8.28. The van der Waals surface area contributed by atoms with Gasteiger partial charge >= 0.3 is 0 Å². The van der Waals surface area contributed by atoms with E-state index >= 15 is 0 Å². The smallest absolute Gasteiger partial charge is 0.258 e. The molecule has 1 heterocycles. The minimum absolute atomic E-state index is 0.0406. The maximum absolute atomic E-state index is 10.4. The molecule has 0 bridgehead atoms. The first-order valence-corrected chi connectivity index (χ1v) is 4.63. The van der Waals surface area contributed by atoms with E-state index in [9.17, 15) is 10.1 Å². The molecule has 16 heavy (non-hydrogen) atoms. The van der Waals surface area contributed by atoms with Crippen LogP contribution >= 0.6 is 0 Å². The number of amidine groups is 1. The third-order valence-electron chi connectivity index (χ3n) is 1.97. The average Bonchev–Trinajstić information content (AvgIpc) is 2.80. The van der Waals surface area contributed by atoms with E-state index in [0.717, 1.165) is 0 Å². The zero-order chi connectivity index (χ0) is 11.4. The summed E-state index contributed by atoms with van der Waals surface area (Å²) >= 11 is 0. The molecule has 0 unspecified atom stereocenters. The summed E-state index contributed by atoms with van der Waals surface area (Å²) < 4.78 is 0. The van der Waals surface area contributed by atoms with Crippen molar-refractivity contribution in [3.8, 4) is 0 Å². The predicted octanol–water partition coefficient (Wildman–Crippen LogP) is 2.99. The lowest BCUT2D eigenvalue weighted by Crippen LogP contribution is -1.86. The highest BCUT2D eigenvalue weighted by Gasteiger charge is 2.03. The fourth-order valence-corrected chi connectivity index (χ4v) is 1.17. The van der Waals surface area contributed by atoms with Crippen molar-refractivity contribution in [3.05, 3.63) is 46.7 Å². The van der Waals surface area contributed by atoms with Crippen LogP contribution in [0.2, 0.25) is 0 Å². The van der Waals surface area contributed by atoms with Gasteiger partial charge < -0.3 is 0 Å². The number of nitro benzene ring substituents is 1. The SMILES string of the molecule is O=[N+]([O-])c1ccc(N=NC2=NC=CC2)cc1. The first kappa shape index (κ1) is 10.2. The van der Waals surface area contributed by atoms with E-state index in [1.807, 2.05) is 6.08 Å².